The molecular weight excluding hydrogens is 176 g/mol. The number of aryl methyl sites for hydroxylation is 1. The first-order valence-electron chi connectivity index (χ1n) is 5.07. The molecule has 1 N–H and O–H groups in total. The highest BCUT2D eigenvalue weighted by Gasteiger charge is 2.14. The lowest BCUT2D eigenvalue weighted by atomic mass is 10.1. The van der Waals surface area contributed by atoms with Gasteiger partial charge in [0.1, 0.15) is 0 Å². The van der Waals surface area contributed by atoms with Crippen molar-refractivity contribution in [2.24, 2.45) is 0 Å². The van der Waals surface area contributed by atoms with Gasteiger partial charge in [0.25, 0.3) is 0 Å². The first-order chi connectivity index (χ1) is 6.86. The van der Waals surface area contributed by atoms with E-state index in [1.807, 2.05) is 12.4 Å². The molecule has 1 atom stereocenters. The molecule has 1 aliphatic rings. The van der Waals surface area contributed by atoms with Crippen molar-refractivity contribution < 1.29 is 4.74 Å². The van der Waals surface area contributed by atoms with Crippen molar-refractivity contribution in [2.75, 3.05) is 13.2 Å². The molecule has 0 spiro atoms. The molecule has 0 aromatic carbocycles. The highest BCUT2D eigenvalue weighted by Crippen LogP contribution is 2.08. The average Bonchev–Trinajstić information content (AvgIpc) is 2.69. The van der Waals surface area contributed by atoms with Crippen LogP contribution in [-0.2, 0) is 11.3 Å². The van der Waals surface area contributed by atoms with Crippen molar-refractivity contribution in [3.05, 3.63) is 29.6 Å². The largest absolute Gasteiger partial charge is 0.380 e. The zero-order chi connectivity index (χ0) is 9.80. The van der Waals surface area contributed by atoms with Crippen LogP contribution in [0.1, 0.15) is 17.5 Å². The number of ether oxygens (including phenoxy) is 1. The predicted octanol–water partition coefficient (Wildman–Crippen LogP) is 1.27. The fourth-order valence-corrected chi connectivity index (χ4v) is 1.65. The Hall–Kier alpha value is -0.930. The number of rotatable bonds is 3. The summed E-state index contributed by atoms with van der Waals surface area (Å²) in [5.41, 5.74) is 2.57. The first kappa shape index (κ1) is 9.62. The van der Waals surface area contributed by atoms with Crippen molar-refractivity contribution in [2.45, 2.75) is 25.9 Å². The second-order valence-electron chi connectivity index (χ2n) is 3.74. The molecule has 3 nitrogen and oxygen atoms in total. The molecule has 1 aromatic heterocycles. The Balaban J connectivity index is 1.88. The zero-order valence-electron chi connectivity index (χ0n) is 8.49. The molecule has 1 aliphatic heterocycles. The van der Waals surface area contributed by atoms with E-state index in [4.69, 9.17) is 4.74 Å². The molecular formula is C11H16N2O. The van der Waals surface area contributed by atoms with E-state index in [0.717, 1.165) is 26.2 Å². The van der Waals surface area contributed by atoms with Crippen LogP contribution in [0, 0.1) is 6.92 Å². The lowest BCUT2D eigenvalue weighted by Crippen LogP contribution is -2.28. The van der Waals surface area contributed by atoms with E-state index in [1.54, 1.807) is 0 Å². The predicted molar refractivity (Wildman–Crippen MR) is 55.0 cm³/mol. The Bertz CT molecular complexity index is 295. The molecule has 0 radical (unpaired) electrons. The molecule has 3 heteroatoms. The van der Waals surface area contributed by atoms with E-state index >= 15 is 0 Å². The number of nitrogens with zero attached hydrogens (tertiary/aromatic N) is 1. The van der Waals surface area contributed by atoms with Crippen LogP contribution in [0.3, 0.4) is 0 Å². The first-order valence-corrected chi connectivity index (χ1v) is 5.07. The van der Waals surface area contributed by atoms with Crippen LogP contribution in [0.25, 0.3) is 0 Å². The summed E-state index contributed by atoms with van der Waals surface area (Å²) in [6.45, 7) is 4.76. The smallest absolute Gasteiger partial charge is 0.0620 e. The minimum absolute atomic E-state index is 0.530. The van der Waals surface area contributed by atoms with E-state index in [9.17, 15) is 0 Å². The van der Waals surface area contributed by atoms with Gasteiger partial charge in [0.15, 0.2) is 0 Å². The molecule has 0 saturated carbocycles. The fraction of sp³-hybridized carbons (Fsp3) is 0.545. The molecule has 1 aromatic rings. The maximum absolute atomic E-state index is 5.30. The Morgan fingerprint density at radius 1 is 1.64 bits per heavy atom. The summed E-state index contributed by atoms with van der Waals surface area (Å²) in [6.07, 6.45) is 4.88. The van der Waals surface area contributed by atoms with E-state index in [0.29, 0.717) is 6.04 Å². The van der Waals surface area contributed by atoms with Gasteiger partial charge in [-0.15, -0.1) is 0 Å². The summed E-state index contributed by atoms with van der Waals surface area (Å²) in [6, 6.07) is 2.60. The summed E-state index contributed by atoms with van der Waals surface area (Å²) in [4.78, 5) is 4.07. The quantitative estimate of drug-likeness (QED) is 0.783. The van der Waals surface area contributed by atoms with E-state index in [2.05, 4.69) is 23.3 Å². The normalized spacial score (nSPS) is 21.4. The minimum Gasteiger partial charge on any atom is -0.380 e. The Kier molecular flexibility index (Phi) is 3.11. The molecule has 0 aliphatic carbocycles. The average molecular weight is 192 g/mol. The highest BCUT2D eigenvalue weighted by molar-refractivity contribution is 5.21. The van der Waals surface area contributed by atoms with Crippen LogP contribution in [0.5, 0.6) is 0 Å². The van der Waals surface area contributed by atoms with Crippen molar-refractivity contribution in [3.8, 4) is 0 Å². The van der Waals surface area contributed by atoms with Gasteiger partial charge in [-0.25, -0.2) is 0 Å². The van der Waals surface area contributed by atoms with Gasteiger partial charge in [-0.3, -0.25) is 4.98 Å². The third-order valence-electron chi connectivity index (χ3n) is 2.65. The molecule has 76 valence electrons. The Morgan fingerprint density at radius 2 is 2.57 bits per heavy atom. The van der Waals surface area contributed by atoms with Crippen LogP contribution in [0.4, 0.5) is 0 Å². The molecule has 2 rings (SSSR count). The topological polar surface area (TPSA) is 34.2 Å². The number of aromatic nitrogens is 1. The summed E-state index contributed by atoms with van der Waals surface area (Å²) in [5, 5.41) is 3.49. The van der Waals surface area contributed by atoms with Gasteiger partial charge in [0.05, 0.1) is 6.61 Å². The Morgan fingerprint density at radius 3 is 3.29 bits per heavy atom. The highest BCUT2D eigenvalue weighted by atomic mass is 16.5. The molecule has 14 heavy (non-hydrogen) atoms. The SMILES string of the molecule is Cc1cnccc1CNC1CCOC1. The zero-order valence-corrected chi connectivity index (χ0v) is 8.49. The number of nitrogens with one attached hydrogen (secondary N) is 1. The van der Waals surface area contributed by atoms with Gasteiger partial charge in [-0.2, -0.15) is 0 Å². The van der Waals surface area contributed by atoms with Gasteiger partial charge in [-0.1, -0.05) is 0 Å². The van der Waals surface area contributed by atoms with Gasteiger partial charge < -0.3 is 10.1 Å². The van der Waals surface area contributed by atoms with E-state index in [-0.39, 0.29) is 0 Å². The Labute approximate surface area is 84.5 Å². The second-order valence-corrected chi connectivity index (χ2v) is 3.74. The van der Waals surface area contributed by atoms with Crippen LogP contribution >= 0.6 is 0 Å². The number of hydrogen-bond acceptors (Lipinski definition) is 3. The van der Waals surface area contributed by atoms with Crippen molar-refractivity contribution in [1.82, 2.24) is 10.3 Å². The third kappa shape index (κ3) is 2.30. The summed E-state index contributed by atoms with van der Waals surface area (Å²) < 4.78 is 5.30. The number of hydrogen-bond donors (Lipinski definition) is 1. The third-order valence-corrected chi connectivity index (χ3v) is 2.65. The van der Waals surface area contributed by atoms with Crippen molar-refractivity contribution in [3.63, 3.8) is 0 Å². The molecule has 1 unspecified atom stereocenters. The fourth-order valence-electron chi connectivity index (χ4n) is 1.65. The molecule has 1 fully saturated rings. The summed E-state index contributed by atoms with van der Waals surface area (Å²) in [7, 11) is 0. The number of pyridine rings is 1. The lowest BCUT2D eigenvalue weighted by molar-refractivity contribution is 0.190. The van der Waals surface area contributed by atoms with Crippen molar-refractivity contribution in [1.29, 1.82) is 0 Å². The molecule has 1 saturated heterocycles. The van der Waals surface area contributed by atoms with Crippen LogP contribution in [0.15, 0.2) is 18.5 Å². The van der Waals surface area contributed by atoms with Gasteiger partial charge in [0.2, 0.25) is 0 Å². The van der Waals surface area contributed by atoms with Gasteiger partial charge in [0, 0.05) is 31.6 Å². The van der Waals surface area contributed by atoms with E-state index in [1.165, 1.54) is 11.1 Å². The summed E-state index contributed by atoms with van der Waals surface area (Å²) >= 11 is 0. The minimum atomic E-state index is 0.530. The molecule has 0 amide bonds. The van der Waals surface area contributed by atoms with Crippen molar-refractivity contribution >= 4 is 0 Å². The van der Waals surface area contributed by atoms with Crippen LogP contribution < -0.4 is 5.32 Å². The van der Waals surface area contributed by atoms with Gasteiger partial charge >= 0.3 is 0 Å². The maximum atomic E-state index is 5.30. The summed E-state index contributed by atoms with van der Waals surface area (Å²) in [5.74, 6) is 0. The monoisotopic (exact) mass is 192 g/mol. The van der Waals surface area contributed by atoms with Crippen LogP contribution in [0.2, 0.25) is 0 Å². The standard InChI is InChI=1S/C11H16N2O/c1-9-6-12-4-2-10(9)7-13-11-3-5-14-8-11/h2,4,6,11,13H,3,5,7-8H2,1H3. The second kappa shape index (κ2) is 4.53. The van der Waals surface area contributed by atoms with E-state index < -0.39 is 0 Å². The van der Waals surface area contributed by atoms with Crippen LogP contribution in [-0.4, -0.2) is 24.2 Å². The molecule has 0 bridgehead atoms. The maximum Gasteiger partial charge on any atom is 0.0620 e. The van der Waals surface area contributed by atoms with Gasteiger partial charge in [-0.05, 0) is 30.5 Å². The molecule has 2 heterocycles. The lowest BCUT2D eigenvalue weighted by Gasteiger charge is -2.11.